The molecule has 0 radical (unpaired) electrons. The van der Waals surface area contributed by atoms with Crippen molar-refractivity contribution in [3.8, 4) is 11.8 Å². The first kappa shape index (κ1) is 17.5. The Labute approximate surface area is 149 Å². The van der Waals surface area contributed by atoms with E-state index < -0.39 is 11.0 Å². The molecule has 1 aliphatic carbocycles. The zero-order valence-corrected chi connectivity index (χ0v) is 14.3. The lowest BCUT2D eigenvalue weighted by atomic mass is 9.74. The second kappa shape index (κ2) is 5.88. The fourth-order valence-electron chi connectivity index (χ4n) is 3.35. The Morgan fingerprint density at radius 3 is 2.73 bits per heavy atom. The summed E-state index contributed by atoms with van der Waals surface area (Å²) in [5, 5.41) is 30.7. The van der Waals surface area contributed by atoms with E-state index in [1.54, 1.807) is 0 Å². The molecular weight excluding hydrogens is 338 g/mol. The number of aromatic hydroxyl groups is 1. The standard InChI is InChI=1S/C18H17N3O5/c1-18(2)6-13(23)15-14(7-18)26-17(11(8-19)16(15)20)10-5-9(21(24)25)3-4-12(10)22/h3-5,17,22H,6-7,20H2,1-2H3/t17-/m1/s1. The van der Waals surface area contributed by atoms with E-state index in [1.807, 2.05) is 19.9 Å². The van der Waals surface area contributed by atoms with Crippen LogP contribution in [0.15, 0.2) is 40.8 Å². The smallest absolute Gasteiger partial charge is 0.270 e. The van der Waals surface area contributed by atoms with E-state index >= 15 is 0 Å². The number of phenols is 1. The molecule has 0 spiro atoms. The van der Waals surface area contributed by atoms with Gasteiger partial charge in [0.15, 0.2) is 11.9 Å². The number of phenolic OH excluding ortho intramolecular Hbond substituents is 1. The molecule has 26 heavy (non-hydrogen) atoms. The quantitative estimate of drug-likeness (QED) is 0.614. The first-order chi connectivity index (χ1) is 12.1. The molecule has 2 aliphatic rings. The molecule has 0 saturated heterocycles. The Morgan fingerprint density at radius 2 is 2.12 bits per heavy atom. The van der Waals surface area contributed by atoms with Crippen molar-refractivity contribution in [2.75, 3.05) is 0 Å². The molecule has 0 fully saturated rings. The van der Waals surface area contributed by atoms with Gasteiger partial charge in [-0.3, -0.25) is 14.9 Å². The van der Waals surface area contributed by atoms with Gasteiger partial charge < -0.3 is 15.6 Å². The normalized spacial score (nSPS) is 21.7. The van der Waals surface area contributed by atoms with Gasteiger partial charge in [0.25, 0.3) is 5.69 Å². The summed E-state index contributed by atoms with van der Waals surface area (Å²) in [5.41, 5.74) is 5.70. The molecule has 0 bridgehead atoms. The van der Waals surface area contributed by atoms with Gasteiger partial charge in [-0.05, 0) is 11.5 Å². The van der Waals surface area contributed by atoms with E-state index in [-0.39, 0.29) is 51.5 Å². The number of carbonyl (C=O) groups is 1. The van der Waals surface area contributed by atoms with Gasteiger partial charge in [-0.1, -0.05) is 13.8 Å². The predicted molar refractivity (Wildman–Crippen MR) is 90.5 cm³/mol. The van der Waals surface area contributed by atoms with Gasteiger partial charge in [0.1, 0.15) is 17.6 Å². The molecule has 0 amide bonds. The van der Waals surface area contributed by atoms with Crippen LogP contribution in [-0.4, -0.2) is 15.8 Å². The minimum absolute atomic E-state index is 0.00477. The highest BCUT2D eigenvalue weighted by Crippen LogP contribution is 2.47. The highest BCUT2D eigenvalue weighted by molar-refractivity contribution is 6.01. The predicted octanol–water partition coefficient (Wildman–Crippen LogP) is 2.75. The van der Waals surface area contributed by atoms with Crippen molar-refractivity contribution in [2.45, 2.75) is 32.8 Å². The summed E-state index contributed by atoms with van der Waals surface area (Å²) in [6.45, 7) is 3.83. The molecular formula is C18H17N3O5. The Bertz CT molecular complexity index is 937. The summed E-state index contributed by atoms with van der Waals surface area (Å²) in [5.74, 6) is -0.117. The maximum Gasteiger partial charge on any atom is 0.270 e. The summed E-state index contributed by atoms with van der Waals surface area (Å²) in [6.07, 6.45) is -0.401. The number of Topliss-reactive ketones (excluding diaryl/α,β-unsaturated/α-hetero) is 1. The summed E-state index contributed by atoms with van der Waals surface area (Å²) in [7, 11) is 0. The van der Waals surface area contributed by atoms with E-state index in [2.05, 4.69) is 0 Å². The number of nitrogens with two attached hydrogens (primary N) is 1. The lowest BCUT2D eigenvalue weighted by Crippen LogP contribution is -2.33. The van der Waals surface area contributed by atoms with Crippen LogP contribution in [0.4, 0.5) is 5.69 Å². The van der Waals surface area contributed by atoms with E-state index in [4.69, 9.17) is 10.5 Å². The minimum atomic E-state index is -1.11. The third kappa shape index (κ3) is 2.77. The van der Waals surface area contributed by atoms with Crippen LogP contribution in [0.1, 0.15) is 38.4 Å². The highest BCUT2D eigenvalue weighted by Gasteiger charge is 2.41. The highest BCUT2D eigenvalue weighted by atomic mass is 16.6. The molecule has 0 saturated carbocycles. The third-order valence-electron chi connectivity index (χ3n) is 4.54. The lowest BCUT2D eigenvalue weighted by molar-refractivity contribution is -0.385. The van der Waals surface area contributed by atoms with Crippen LogP contribution in [-0.2, 0) is 9.53 Å². The Kier molecular flexibility index (Phi) is 3.95. The Balaban J connectivity index is 2.15. The number of nitrogens with zero attached hydrogens (tertiary/aromatic N) is 2. The SMILES string of the molecule is CC1(C)CC(=O)C2=C(C1)O[C@H](c1cc([N+](=O)[O-])ccc1O)C(C#N)=C2N. The van der Waals surface area contributed by atoms with Crippen LogP contribution in [0.25, 0.3) is 0 Å². The number of nitriles is 1. The first-order valence-electron chi connectivity index (χ1n) is 7.95. The molecule has 1 heterocycles. The molecule has 1 aromatic carbocycles. The van der Waals surface area contributed by atoms with Crippen molar-refractivity contribution < 1.29 is 19.6 Å². The zero-order valence-electron chi connectivity index (χ0n) is 14.3. The van der Waals surface area contributed by atoms with Crippen LogP contribution < -0.4 is 5.73 Å². The van der Waals surface area contributed by atoms with Crippen molar-refractivity contribution >= 4 is 11.5 Å². The summed E-state index contributed by atoms with van der Waals surface area (Å²) in [6, 6.07) is 5.38. The fraction of sp³-hybridized carbons (Fsp3) is 0.333. The zero-order chi connectivity index (χ0) is 19.2. The van der Waals surface area contributed by atoms with Crippen molar-refractivity contribution in [3.63, 3.8) is 0 Å². The van der Waals surface area contributed by atoms with Gasteiger partial charge in [0, 0.05) is 30.5 Å². The number of benzene rings is 1. The van der Waals surface area contributed by atoms with Crippen LogP contribution in [0, 0.1) is 26.9 Å². The maximum absolute atomic E-state index is 12.5. The van der Waals surface area contributed by atoms with E-state index in [0.717, 1.165) is 12.1 Å². The van der Waals surface area contributed by atoms with E-state index in [9.17, 15) is 25.3 Å². The van der Waals surface area contributed by atoms with Gasteiger partial charge in [-0.15, -0.1) is 0 Å². The lowest BCUT2D eigenvalue weighted by Gasteiger charge is -2.37. The van der Waals surface area contributed by atoms with E-state index in [1.165, 1.54) is 6.07 Å². The number of hydrogen-bond donors (Lipinski definition) is 2. The van der Waals surface area contributed by atoms with Crippen molar-refractivity contribution in [3.05, 3.63) is 56.5 Å². The molecule has 8 nitrogen and oxygen atoms in total. The minimum Gasteiger partial charge on any atom is -0.508 e. The molecule has 3 rings (SSSR count). The number of nitro groups is 1. The van der Waals surface area contributed by atoms with Crippen LogP contribution in [0.3, 0.4) is 0 Å². The summed E-state index contributed by atoms with van der Waals surface area (Å²) in [4.78, 5) is 22.9. The van der Waals surface area contributed by atoms with E-state index in [0.29, 0.717) is 12.2 Å². The number of nitro benzene ring substituents is 1. The molecule has 8 heteroatoms. The average molecular weight is 355 g/mol. The number of allylic oxidation sites excluding steroid dienone is 2. The molecule has 0 aromatic heterocycles. The Morgan fingerprint density at radius 1 is 1.42 bits per heavy atom. The first-order valence-corrected chi connectivity index (χ1v) is 7.95. The molecule has 1 atom stereocenters. The Hall–Kier alpha value is -3.34. The molecule has 1 aliphatic heterocycles. The fourth-order valence-corrected chi connectivity index (χ4v) is 3.35. The number of hydrogen-bond acceptors (Lipinski definition) is 7. The van der Waals surface area contributed by atoms with Gasteiger partial charge in [0.05, 0.1) is 21.8 Å². The molecule has 3 N–H and O–H groups in total. The van der Waals surface area contributed by atoms with Crippen molar-refractivity contribution in [1.29, 1.82) is 5.26 Å². The topological polar surface area (TPSA) is 139 Å². The third-order valence-corrected chi connectivity index (χ3v) is 4.54. The number of rotatable bonds is 2. The molecule has 0 unspecified atom stereocenters. The maximum atomic E-state index is 12.5. The van der Waals surface area contributed by atoms with Crippen molar-refractivity contribution in [2.24, 2.45) is 11.1 Å². The monoisotopic (exact) mass is 355 g/mol. The van der Waals surface area contributed by atoms with Gasteiger partial charge >= 0.3 is 0 Å². The second-order valence-corrected chi connectivity index (χ2v) is 7.18. The molecule has 1 aromatic rings. The van der Waals surface area contributed by atoms with Crippen molar-refractivity contribution in [1.82, 2.24) is 0 Å². The molecule has 134 valence electrons. The largest absolute Gasteiger partial charge is 0.508 e. The van der Waals surface area contributed by atoms with Crippen LogP contribution >= 0.6 is 0 Å². The number of non-ortho nitro benzene ring substituents is 1. The van der Waals surface area contributed by atoms with Crippen LogP contribution in [0.5, 0.6) is 5.75 Å². The van der Waals surface area contributed by atoms with Crippen LogP contribution in [0.2, 0.25) is 0 Å². The van der Waals surface area contributed by atoms with Gasteiger partial charge in [0.2, 0.25) is 0 Å². The van der Waals surface area contributed by atoms with Gasteiger partial charge in [-0.25, -0.2) is 0 Å². The van der Waals surface area contributed by atoms with Gasteiger partial charge in [-0.2, -0.15) is 5.26 Å². The number of ketones is 1. The summed E-state index contributed by atoms with van der Waals surface area (Å²) >= 11 is 0. The average Bonchev–Trinajstić information content (AvgIpc) is 2.53. The number of carbonyl (C=O) groups excluding carboxylic acids is 1. The summed E-state index contributed by atoms with van der Waals surface area (Å²) < 4.78 is 5.89. The number of ether oxygens (including phenoxy) is 1. The second-order valence-electron chi connectivity index (χ2n) is 7.18.